The van der Waals surface area contributed by atoms with E-state index >= 15 is 0 Å². The number of carbonyl (C=O) groups is 1. The van der Waals surface area contributed by atoms with Crippen molar-refractivity contribution in [2.24, 2.45) is 0 Å². The fraction of sp³-hybridized carbons (Fsp3) is 0.273. The van der Waals surface area contributed by atoms with Crippen molar-refractivity contribution in [1.82, 2.24) is 0 Å². The van der Waals surface area contributed by atoms with Gasteiger partial charge in [0.1, 0.15) is 17.4 Å². The van der Waals surface area contributed by atoms with Crippen LogP contribution in [0.5, 0.6) is 5.75 Å². The highest BCUT2D eigenvalue weighted by Gasteiger charge is 2.13. The summed E-state index contributed by atoms with van der Waals surface area (Å²) in [7, 11) is 1.30. The maximum atomic E-state index is 11.3. The number of esters is 1. The molecule has 1 aromatic carbocycles. The minimum absolute atomic E-state index is 0.321. The maximum absolute atomic E-state index is 11.3. The third kappa shape index (κ3) is 2.71. The summed E-state index contributed by atoms with van der Waals surface area (Å²) in [5.74, 6) is -0.117. The molecule has 15 heavy (non-hydrogen) atoms. The monoisotopic (exact) mass is 205 g/mol. The van der Waals surface area contributed by atoms with E-state index < -0.39 is 12.1 Å². The van der Waals surface area contributed by atoms with E-state index in [1.165, 1.54) is 7.11 Å². The molecule has 1 rings (SSSR count). The van der Waals surface area contributed by atoms with Gasteiger partial charge in [-0.25, -0.2) is 4.79 Å². The molecule has 0 amide bonds. The fourth-order valence-electron chi connectivity index (χ4n) is 1.06. The lowest BCUT2D eigenvalue weighted by Crippen LogP contribution is -2.12. The van der Waals surface area contributed by atoms with Gasteiger partial charge in [0.15, 0.2) is 6.10 Å². The summed E-state index contributed by atoms with van der Waals surface area (Å²) in [6.07, 6.45) is -0.601. The summed E-state index contributed by atoms with van der Waals surface area (Å²) >= 11 is 0. The molecule has 0 aliphatic carbocycles. The number of ether oxygens (including phenoxy) is 2. The van der Waals surface area contributed by atoms with Crippen molar-refractivity contribution in [3.05, 3.63) is 29.8 Å². The number of hydrogen-bond acceptors (Lipinski definition) is 4. The molecule has 0 radical (unpaired) electrons. The van der Waals surface area contributed by atoms with Crippen molar-refractivity contribution in [1.29, 1.82) is 5.26 Å². The lowest BCUT2D eigenvalue weighted by Gasteiger charge is -2.10. The summed E-state index contributed by atoms with van der Waals surface area (Å²) in [6, 6.07) is 8.57. The number of carbonyl (C=O) groups excluding carboxylic acids is 1. The van der Waals surface area contributed by atoms with Crippen LogP contribution in [0, 0.1) is 11.3 Å². The molecule has 0 aliphatic rings. The Bertz CT molecular complexity index is 395. The predicted octanol–water partition coefficient (Wildman–Crippen LogP) is 1.76. The standard InChI is InChI=1S/C11H11NO3/c1-8(7-12)15-10-6-4-3-5-9(10)11(13)14-2/h3-6,8H,1-2H3/t8-/m0/s1. The second-order valence-electron chi connectivity index (χ2n) is 2.88. The van der Waals surface area contributed by atoms with Crippen LogP contribution in [0.25, 0.3) is 0 Å². The first-order valence-electron chi connectivity index (χ1n) is 4.42. The molecule has 78 valence electrons. The average molecular weight is 205 g/mol. The van der Waals surface area contributed by atoms with E-state index in [1.807, 2.05) is 6.07 Å². The molecule has 0 aromatic heterocycles. The Balaban J connectivity index is 2.97. The van der Waals surface area contributed by atoms with Gasteiger partial charge in [-0.2, -0.15) is 5.26 Å². The van der Waals surface area contributed by atoms with E-state index in [1.54, 1.807) is 31.2 Å². The molecule has 0 spiro atoms. The van der Waals surface area contributed by atoms with Gasteiger partial charge in [0.2, 0.25) is 0 Å². The van der Waals surface area contributed by atoms with Crippen molar-refractivity contribution in [2.45, 2.75) is 13.0 Å². The Morgan fingerprint density at radius 1 is 1.47 bits per heavy atom. The average Bonchev–Trinajstić information content (AvgIpc) is 2.28. The van der Waals surface area contributed by atoms with Gasteiger partial charge in [-0.15, -0.1) is 0 Å². The molecule has 4 heteroatoms. The maximum Gasteiger partial charge on any atom is 0.341 e. The van der Waals surface area contributed by atoms with Crippen LogP contribution in [0.2, 0.25) is 0 Å². The Labute approximate surface area is 88.0 Å². The predicted molar refractivity (Wildman–Crippen MR) is 53.5 cm³/mol. The minimum Gasteiger partial charge on any atom is -0.475 e. The lowest BCUT2D eigenvalue weighted by atomic mass is 10.2. The van der Waals surface area contributed by atoms with Gasteiger partial charge >= 0.3 is 5.97 Å². The first-order valence-corrected chi connectivity index (χ1v) is 4.42. The van der Waals surface area contributed by atoms with E-state index in [0.29, 0.717) is 11.3 Å². The number of nitriles is 1. The van der Waals surface area contributed by atoms with Crippen molar-refractivity contribution < 1.29 is 14.3 Å². The van der Waals surface area contributed by atoms with Crippen LogP contribution >= 0.6 is 0 Å². The van der Waals surface area contributed by atoms with Crippen LogP contribution in [-0.2, 0) is 4.74 Å². The molecule has 1 atom stereocenters. The van der Waals surface area contributed by atoms with Crippen LogP contribution in [0.1, 0.15) is 17.3 Å². The van der Waals surface area contributed by atoms with E-state index in [-0.39, 0.29) is 0 Å². The van der Waals surface area contributed by atoms with E-state index in [0.717, 1.165) is 0 Å². The van der Waals surface area contributed by atoms with Crippen molar-refractivity contribution in [3.63, 3.8) is 0 Å². The van der Waals surface area contributed by atoms with Crippen LogP contribution in [-0.4, -0.2) is 19.2 Å². The molecular formula is C11H11NO3. The Morgan fingerprint density at radius 3 is 2.73 bits per heavy atom. The largest absolute Gasteiger partial charge is 0.475 e. The Morgan fingerprint density at radius 2 is 2.13 bits per heavy atom. The van der Waals surface area contributed by atoms with Crippen LogP contribution in [0.4, 0.5) is 0 Å². The fourth-order valence-corrected chi connectivity index (χ4v) is 1.06. The highest BCUT2D eigenvalue weighted by molar-refractivity contribution is 5.92. The summed E-state index contributed by atoms with van der Waals surface area (Å²) in [6.45, 7) is 1.61. The second kappa shape index (κ2) is 5.01. The third-order valence-electron chi connectivity index (χ3n) is 1.78. The second-order valence-corrected chi connectivity index (χ2v) is 2.88. The van der Waals surface area contributed by atoms with Gasteiger partial charge in [-0.1, -0.05) is 12.1 Å². The molecule has 0 fully saturated rings. The van der Waals surface area contributed by atoms with Crippen molar-refractivity contribution >= 4 is 5.97 Å². The normalized spacial score (nSPS) is 11.3. The molecular weight excluding hydrogens is 194 g/mol. The Hall–Kier alpha value is -2.02. The van der Waals surface area contributed by atoms with Gasteiger partial charge in [0, 0.05) is 0 Å². The zero-order valence-corrected chi connectivity index (χ0v) is 8.56. The quantitative estimate of drug-likeness (QED) is 0.705. The molecule has 1 aromatic rings. The summed E-state index contributed by atoms with van der Waals surface area (Å²) in [4.78, 5) is 11.3. The third-order valence-corrected chi connectivity index (χ3v) is 1.78. The number of para-hydroxylation sites is 1. The van der Waals surface area contributed by atoms with E-state index in [4.69, 9.17) is 10.00 Å². The molecule has 0 saturated heterocycles. The zero-order valence-electron chi connectivity index (χ0n) is 8.56. The summed E-state index contributed by atoms with van der Waals surface area (Å²) in [5, 5.41) is 8.59. The molecule has 0 saturated carbocycles. The van der Waals surface area contributed by atoms with Crippen LogP contribution in [0.15, 0.2) is 24.3 Å². The summed E-state index contributed by atoms with van der Waals surface area (Å²) < 4.78 is 9.85. The van der Waals surface area contributed by atoms with Gasteiger partial charge in [-0.05, 0) is 19.1 Å². The molecule has 0 N–H and O–H groups in total. The number of hydrogen-bond donors (Lipinski definition) is 0. The topological polar surface area (TPSA) is 59.3 Å². The number of rotatable bonds is 3. The smallest absolute Gasteiger partial charge is 0.341 e. The lowest BCUT2D eigenvalue weighted by molar-refractivity contribution is 0.0595. The molecule has 0 unspecified atom stereocenters. The van der Waals surface area contributed by atoms with Gasteiger partial charge in [-0.3, -0.25) is 0 Å². The van der Waals surface area contributed by atoms with Gasteiger partial charge < -0.3 is 9.47 Å². The number of benzene rings is 1. The SMILES string of the molecule is COC(=O)c1ccccc1O[C@@H](C)C#N. The zero-order chi connectivity index (χ0) is 11.3. The van der Waals surface area contributed by atoms with Gasteiger partial charge in [0.05, 0.1) is 7.11 Å². The summed E-state index contributed by atoms with van der Waals surface area (Å²) in [5.41, 5.74) is 0.321. The molecule has 4 nitrogen and oxygen atoms in total. The Kier molecular flexibility index (Phi) is 3.69. The molecule has 0 aliphatic heterocycles. The van der Waals surface area contributed by atoms with Crippen molar-refractivity contribution in [2.75, 3.05) is 7.11 Å². The van der Waals surface area contributed by atoms with Crippen LogP contribution in [0.3, 0.4) is 0 Å². The van der Waals surface area contributed by atoms with E-state index in [2.05, 4.69) is 4.74 Å². The number of nitrogens with zero attached hydrogens (tertiary/aromatic N) is 1. The van der Waals surface area contributed by atoms with E-state index in [9.17, 15) is 4.79 Å². The van der Waals surface area contributed by atoms with Crippen LogP contribution < -0.4 is 4.74 Å². The van der Waals surface area contributed by atoms with Crippen molar-refractivity contribution in [3.8, 4) is 11.8 Å². The van der Waals surface area contributed by atoms with Gasteiger partial charge in [0.25, 0.3) is 0 Å². The highest BCUT2D eigenvalue weighted by atomic mass is 16.5. The molecule has 0 heterocycles. The first-order chi connectivity index (χ1) is 7.19. The first kappa shape index (κ1) is 11.1. The minimum atomic E-state index is -0.601. The highest BCUT2D eigenvalue weighted by Crippen LogP contribution is 2.19. The molecule has 0 bridgehead atoms. The number of methoxy groups -OCH3 is 1.